The summed E-state index contributed by atoms with van der Waals surface area (Å²) in [4.78, 5) is 24.2. The van der Waals surface area contributed by atoms with Gasteiger partial charge in [0.1, 0.15) is 11.3 Å². The van der Waals surface area contributed by atoms with Gasteiger partial charge in [0.2, 0.25) is 0 Å². The van der Waals surface area contributed by atoms with Crippen LogP contribution in [0.1, 0.15) is 29.5 Å². The number of aryl methyl sites for hydroxylation is 2. The minimum atomic E-state index is -0.331. The lowest BCUT2D eigenvalue weighted by atomic mass is 10.1. The molecule has 26 heavy (non-hydrogen) atoms. The quantitative estimate of drug-likeness (QED) is 0.387. The molecule has 1 aromatic heterocycles. The second-order valence-electron chi connectivity index (χ2n) is 6.46. The predicted octanol–water partition coefficient (Wildman–Crippen LogP) is 4.47. The van der Waals surface area contributed by atoms with E-state index in [9.17, 15) is 9.59 Å². The lowest BCUT2D eigenvalue weighted by molar-refractivity contribution is -0.134. The minimum absolute atomic E-state index is 0.258. The van der Waals surface area contributed by atoms with E-state index >= 15 is 0 Å². The molecule has 0 saturated heterocycles. The normalized spacial score (nSPS) is 13.0. The van der Waals surface area contributed by atoms with E-state index in [-0.39, 0.29) is 18.0 Å². The zero-order valence-corrected chi connectivity index (χ0v) is 14.8. The molecule has 4 nitrogen and oxygen atoms in total. The van der Waals surface area contributed by atoms with Crippen molar-refractivity contribution >= 4 is 28.5 Å². The molecule has 1 aliphatic rings. The van der Waals surface area contributed by atoms with Gasteiger partial charge in [-0.3, -0.25) is 4.79 Å². The van der Waals surface area contributed by atoms with Gasteiger partial charge in [0.05, 0.1) is 0 Å². The highest BCUT2D eigenvalue weighted by Crippen LogP contribution is 2.29. The molecule has 1 aliphatic carbocycles. The molecular formula is C21H17ClO4. The summed E-state index contributed by atoms with van der Waals surface area (Å²) in [5, 5.41) is 1.60. The monoisotopic (exact) mass is 368 g/mol. The number of carbonyl (C=O) groups excluding carboxylic acids is 1. The van der Waals surface area contributed by atoms with E-state index in [2.05, 4.69) is 0 Å². The zero-order valence-electron chi connectivity index (χ0n) is 14.1. The van der Waals surface area contributed by atoms with Crippen molar-refractivity contribution in [2.45, 2.75) is 32.1 Å². The maximum atomic E-state index is 12.1. The molecule has 2 aromatic carbocycles. The highest BCUT2D eigenvalue weighted by molar-refractivity contribution is 6.30. The summed E-state index contributed by atoms with van der Waals surface area (Å²) in [6.45, 7) is 0. The molecule has 0 atom stereocenters. The van der Waals surface area contributed by atoms with Crippen LogP contribution < -0.4 is 10.4 Å². The first-order valence-electron chi connectivity index (χ1n) is 8.64. The largest absolute Gasteiger partial charge is 0.426 e. The number of benzene rings is 2. The Morgan fingerprint density at radius 3 is 2.65 bits per heavy atom. The molecule has 0 spiro atoms. The summed E-state index contributed by atoms with van der Waals surface area (Å²) in [5.41, 5.74) is 3.06. The van der Waals surface area contributed by atoms with E-state index in [0.29, 0.717) is 22.8 Å². The minimum Gasteiger partial charge on any atom is -0.426 e. The fourth-order valence-corrected chi connectivity index (χ4v) is 3.53. The van der Waals surface area contributed by atoms with Crippen molar-refractivity contribution in [3.05, 3.63) is 74.6 Å². The van der Waals surface area contributed by atoms with Gasteiger partial charge in [-0.05, 0) is 61.1 Å². The number of esters is 1. The molecular weight excluding hydrogens is 352 g/mol. The van der Waals surface area contributed by atoms with Gasteiger partial charge < -0.3 is 9.15 Å². The van der Waals surface area contributed by atoms with Crippen LogP contribution in [0.15, 0.2) is 51.7 Å². The van der Waals surface area contributed by atoms with E-state index < -0.39 is 0 Å². The highest BCUT2D eigenvalue weighted by atomic mass is 35.5. The third-order valence-electron chi connectivity index (χ3n) is 4.71. The van der Waals surface area contributed by atoms with Crippen LogP contribution in [0.25, 0.3) is 11.0 Å². The Hall–Kier alpha value is -2.59. The lowest BCUT2D eigenvalue weighted by Crippen LogP contribution is -2.10. The van der Waals surface area contributed by atoms with Gasteiger partial charge in [-0.2, -0.15) is 0 Å². The second-order valence-corrected chi connectivity index (χ2v) is 6.90. The first-order chi connectivity index (χ1) is 12.6. The van der Waals surface area contributed by atoms with Crippen molar-refractivity contribution in [2.24, 2.45) is 0 Å². The van der Waals surface area contributed by atoms with Crippen LogP contribution in [0, 0.1) is 0 Å². The molecule has 0 radical (unpaired) electrons. The van der Waals surface area contributed by atoms with E-state index in [1.807, 2.05) is 18.2 Å². The van der Waals surface area contributed by atoms with Crippen LogP contribution in [0.3, 0.4) is 0 Å². The summed E-state index contributed by atoms with van der Waals surface area (Å²) < 4.78 is 10.8. The molecule has 0 bridgehead atoms. The van der Waals surface area contributed by atoms with Gasteiger partial charge >= 0.3 is 11.6 Å². The zero-order chi connectivity index (χ0) is 18.1. The second kappa shape index (κ2) is 6.96. The van der Waals surface area contributed by atoms with Crippen LogP contribution >= 0.6 is 11.6 Å². The van der Waals surface area contributed by atoms with E-state index in [0.717, 1.165) is 41.3 Å². The van der Waals surface area contributed by atoms with Crippen LogP contribution in [0.2, 0.25) is 5.02 Å². The van der Waals surface area contributed by atoms with Crippen LogP contribution in [-0.2, 0) is 24.1 Å². The van der Waals surface area contributed by atoms with Crippen molar-refractivity contribution < 1.29 is 13.9 Å². The summed E-state index contributed by atoms with van der Waals surface area (Å²) in [6, 6.07) is 12.6. The average molecular weight is 369 g/mol. The van der Waals surface area contributed by atoms with Gasteiger partial charge in [-0.1, -0.05) is 23.7 Å². The third-order valence-corrected chi connectivity index (χ3v) is 4.96. The number of hydrogen-bond donors (Lipinski definition) is 0. The Balaban J connectivity index is 1.48. The van der Waals surface area contributed by atoms with E-state index in [1.54, 1.807) is 24.3 Å². The van der Waals surface area contributed by atoms with Crippen molar-refractivity contribution in [3.8, 4) is 5.75 Å². The Labute approximate surface area is 155 Å². The summed E-state index contributed by atoms with van der Waals surface area (Å²) in [6.07, 6.45) is 3.47. The number of hydrogen-bond acceptors (Lipinski definition) is 4. The molecule has 0 amide bonds. The van der Waals surface area contributed by atoms with Crippen molar-refractivity contribution in [3.63, 3.8) is 0 Å². The van der Waals surface area contributed by atoms with Crippen LogP contribution in [0.5, 0.6) is 5.75 Å². The number of fused-ring (bicyclic) bond motifs is 3. The predicted molar refractivity (Wildman–Crippen MR) is 99.9 cm³/mol. The van der Waals surface area contributed by atoms with Crippen molar-refractivity contribution in [1.82, 2.24) is 0 Å². The molecule has 0 N–H and O–H groups in total. The topological polar surface area (TPSA) is 56.5 Å². The number of rotatable bonds is 4. The molecule has 0 saturated carbocycles. The summed E-state index contributed by atoms with van der Waals surface area (Å²) >= 11 is 5.85. The third kappa shape index (κ3) is 3.37. The summed E-state index contributed by atoms with van der Waals surface area (Å²) in [5.74, 6) is 0.0579. The molecule has 0 unspecified atom stereocenters. The van der Waals surface area contributed by atoms with Crippen LogP contribution in [0.4, 0.5) is 0 Å². The SMILES string of the molecule is O=C(CCc1ccc(Cl)cc1)Oc1ccc2c3c(c(=O)oc2c1)CCC3. The Morgan fingerprint density at radius 1 is 1.08 bits per heavy atom. The number of ether oxygens (including phenoxy) is 1. The molecule has 3 aromatic rings. The highest BCUT2D eigenvalue weighted by Gasteiger charge is 2.20. The van der Waals surface area contributed by atoms with Crippen molar-refractivity contribution in [2.75, 3.05) is 0 Å². The lowest BCUT2D eigenvalue weighted by Gasteiger charge is -2.07. The van der Waals surface area contributed by atoms with Gasteiger partial charge in [-0.15, -0.1) is 0 Å². The smallest absolute Gasteiger partial charge is 0.339 e. The standard InChI is InChI=1S/C21H17ClO4/c22-14-7-4-13(5-8-14)6-11-20(23)25-15-9-10-17-16-2-1-3-18(16)21(24)26-19(17)12-15/h4-5,7-10,12H,1-3,6,11H2. The molecule has 132 valence electrons. The maximum absolute atomic E-state index is 12.1. The van der Waals surface area contributed by atoms with Gasteiger partial charge in [-0.25, -0.2) is 4.79 Å². The molecule has 0 aliphatic heterocycles. The molecule has 4 rings (SSSR count). The molecule has 0 fully saturated rings. The Morgan fingerprint density at radius 2 is 1.85 bits per heavy atom. The average Bonchev–Trinajstić information content (AvgIpc) is 3.12. The molecule has 1 heterocycles. The van der Waals surface area contributed by atoms with Gasteiger partial charge in [0.15, 0.2) is 0 Å². The Bertz CT molecular complexity index is 1030. The fourth-order valence-electron chi connectivity index (χ4n) is 3.41. The van der Waals surface area contributed by atoms with Gasteiger partial charge in [0.25, 0.3) is 0 Å². The maximum Gasteiger partial charge on any atom is 0.339 e. The van der Waals surface area contributed by atoms with Gasteiger partial charge in [0, 0.05) is 28.5 Å². The van der Waals surface area contributed by atoms with Crippen LogP contribution in [-0.4, -0.2) is 5.97 Å². The number of carbonyl (C=O) groups is 1. The Kier molecular flexibility index (Phi) is 4.51. The van der Waals surface area contributed by atoms with E-state index in [4.69, 9.17) is 20.8 Å². The summed E-state index contributed by atoms with van der Waals surface area (Å²) in [7, 11) is 0. The van der Waals surface area contributed by atoms with E-state index in [1.165, 1.54) is 0 Å². The number of halogens is 1. The van der Waals surface area contributed by atoms with Crippen molar-refractivity contribution in [1.29, 1.82) is 0 Å². The first kappa shape index (κ1) is 16.9. The fraction of sp³-hybridized carbons (Fsp3) is 0.238. The molecule has 5 heteroatoms. The first-order valence-corrected chi connectivity index (χ1v) is 9.02.